The number of carbonyl (C=O) groups excluding carboxylic acids is 2. The van der Waals surface area contributed by atoms with Gasteiger partial charge >= 0.3 is 0 Å². The molecule has 0 aromatic carbocycles. The second-order valence-corrected chi connectivity index (χ2v) is 5.03. The molecule has 6 heteroatoms. The zero-order valence-electron chi connectivity index (χ0n) is 11.6. The molecule has 0 spiro atoms. The maximum absolute atomic E-state index is 11.2. The van der Waals surface area contributed by atoms with E-state index in [4.69, 9.17) is 0 Å². The van der Waals surface area contributed by atoms with Gasteiger partial charge in [0.25, 0.3) is 0 Å². The first-order chi connectivity index (χ1) is 9.02. The van der Waals surface area contributed by atoms with Crippen LogP contribution >= 0.6 is 0 Å². The molecule has 0 saturated carbocycles. The number of hydrogen-bond acceptors (Lipinski definition) is 4. The Hall–Kier alpha value is -1.85. The third-order valence-electron chi connectivity index (χ3n) is 3.56. The van der Waals surface area contributed by atoms with E-state index in [1.807, 2.05) is 14.0 Å². The van der Waals surface area contributed by atoms with Crippen molar-refractivity contribution in [3.05, 3.63) is 11.3 Å². The molecule has 1 N–H and O–H groups in total. The molecule has 0 bridgehead atoms. The molecule has 6 nitrogen and oxygen atoms in total. The van der Waals surface area contributed by atoms with E-state index in [0.717, 1.165) is 43.7 Å². The summed E-state index contributed by atoms with van der Waals surface area (Å²) in [6.45, 7) is 5.04. The first kappa shape index (κ1) is 13.6. The van der Waals surface area contributed by atoms with Gasteiger partial charge in [0.05, 0.1) is 11.3 Å². The summed E-state index contributed by atoms with van der Waals surface area (Å²) >= 11 is 0. The summed E-state index contributed by atoms with van der Waals surface area (Å²) in [6.07, 6.45) is 2.65. The van der Waals surface area contributed by atoms with Crippen molar-refractivity contribution in [1.29, 1.82) is 0 Å². The number of nitrogens with one attached hydrogen (secondary N) is 1. The third kappa shape index (κ3) is 2.77. The topological polar surface area (TPSA) is 67.2 Å². The SMILES string of the molecule is CC(=O)NC1CCN(c2c(C=O)c(C)nn2C)CC1. The van der Waals surface area contributed by atoms with E-state index in [9.17, 15) is 9.59 Å². The van der Waals surface area contributed by atoms with Crippen LogP contribution in [0.3, 0.4) is 0 Å². The van der Waals surface area contributed by atoms with E-state index in [0.29, 0.717) is 5.56 Å². The molecule has 1 fully saturated rings. The van der Waals surface area contributed by atoms with Crippen LogP contribution in [0.5, 0.6) is 0 Å². The molecular formula is C13H20N4O2. The predicted octanol–water partition coefficient (Wildman–Crippen LogP) is 0.646. The van der Waals surface area contributed by atoms with E-state index >= 15 is 0 Å². The number of amides is 1. The van der Waals surface area contributed by atoms with Crippen molar-refractivity contribution in [2.75, 3.05) is 18.0 Å². The Morgan fingerprint density at radius 1 is 1.42 bits per heavy atom. The number of aryl methyl sites for hydroxylation is 2. The molecule has 1 aliphatic rings. The summed E-state index contributed by atoms with van der Waals surface area (Å²) in [4.78, 5) is 24.4. The molecule has 0 unspecified atom stereocenters. The fourth-order valence-corrected chi connectivity index (χ4v) is 2.70. The number of aldehydes is 1. The molecule has 1 aromatic heterocycles. The number of hydrogen-bond donors (Lipinski definition) is 1. The molecule has 1 amide bonds. The van der Waals surface area contributed by atoms with Crippen molar-refractivity contribution in [3.63, 3.8) is 0 Å². The normalized spacial score (nSPS) is 16.5. The van der Waals surface area contributed by atoms with Crippen molar-refractivity contribution < 1.29 is 9.59 Å². The smallest absolute Gasteiger partial charge is 0.217 e. The molecule has 1 aromatic rings. The summed E-state index contributed by atoms with van der Waals surface area (Å²) < 4.78 is 1.76. The van der Waals surface area contributed by atoms with Crippen LogP contribution in [0.2, 0.25) is 0 Å². The average molecular weight is 264 g/mol. The Morgan fingerprint density at radius 2 is 2.05 bits per heavy atom. The van der Waals surface area contributed by atoms with E-state index < -0.39 is 0 Å². The van der Waals surface area contributed by atoms with Gasteiger partial charge in [-0.2, -0.15) is 5.10 Å². The summed E-state index contributed by atoms with van der Waals surface area (Å²) in [5.41, 5.74) is 1.43. The molecule has 0 atom stereocenters. The lowest BCUT2D eigenvalue weighted by atomic mass is 10.0. The van der Waals surface area contributed by atoms with Crippen LogP contribution in [0.1, 0.15) is 35.8 Å². The Morgan fingerprint density at radius 3 is 2.58 bits per heavy atom. The fraction of sp³-hybridized carbons (Fsp3) is 0.615. The number of carbonyl (C=O) groups is 2. The molecule has 2 rings (SSSR count). The minimum atomic E-state index is 0.0170. The van der Waals surface area contributed by atoms with E-state index in [2.05, 4.69) is 15.3 Å². The number of piperidine rings is 1. The summed E-state index contributed by atoms with van der Waals surface area (Å²) in [6, 6.07) is 0.239. The van der Waals surface area contributed by atoms with E-state index in [1.165, 1.54) is 0 Å². The van der Waals surface area contributed by atoms with Crippen LogP contribution in [0.25, 0.3) is 0 Å². The van der Waals surface area contributed by atoms with Gasteiger partial charge in [-0.3, -0.25) is 14.3 Å². The van der Waals surface area contributed by atoms with Crippen molar-refractivity contribution in [1.82, 2.24) is 15.1 Å². The van der Waals surface area contributed by atoms with Crippen molar-refractivity contribution in [2.24, 2.45) is 7.05 Å². The van der Waals surface area contributed by atoms with E-state index in [1.54, 1.807) is 11.6 Å². The lowest BCUT2D eigenvalue weighted by Crippen LogP contribution is -2.44. The zero-order valence-corrected chi connectivity index (χ0v) is 11.6. The Labute approximate surface area is 112 Å². The molecular weight excluding hydrogens is 244 g/mol. The molecule has 0 radical (unpaired) electrons. The standard InChI is InChI=1S/C13H20N4O2/c1-9-12(8-18)13(16(3)15-9)17-6-4-11(5-7-17)14-10(2)19/h8,11H,4-7H2,1-3H3,(H,14,19). The maximum atomic E-state index is 11.2. The Kier molecular flexibility index (Phi) is 3.87. The first-order valence-electron chi connectivity index (χ1n) is 6.53. The number of rotatable bonds is 3. The highest BCUT2D eigenvalue weighted by molar-refractivity contribution is 5.84. The maximum Gasteiger partial charge on any atom is 0.217 e. The highest BCUT2D eigenvalue weighted by Crippen LogP contribution is 2.24. The Balaban J connectivity index is 2.09. The summed E-state index contributed by atoms with van der Waals surface area (Å²) in [7, 11) is 1.86. The average Bonchev–Trinajstić information content (AvgIpc) is 2.64. The van der Waals surface area contributed by atoms with Gasteiger partial charge in [-0.25, -0.2) is 0 Å². The summed E-state index contributed by atoms with van der Waals surface area (Å²) in [5, 5.41) is 7.24. The van der Waals surface area contributed by atoms with Gasteiger partial charge in [0.15, 0.2) is 6.29 Å². The van der Waals surface area contributed by atoms with Gasteiger partial charge < -0.3 is 10.2 Å². The second kappa shape index (κ2) is 5.42. The van der Waals surface area contributed by atoms with Crippen LogP contribution in [0.4, 0.5) is 5.82 Å². The first-order valence-corrected chi connectivity index (χ1v) is 6.53. The third-order valence-corrected chi connectivity index (χ3v) is 3.56. The highest BCUT2D eigenvalue weighted by Gasteiger charge is 2.24. The van der Waals surface area contributed by atoms with Crippen LogP contribution < -0.4 is 10.2 Å². The molecule has 2 heterocycles. The number of anilines is 1. The second-order valence-electron chi connectivity index (χ2n) is 5.03. The fourth-order valence-electron chi connectivity index (χ4n) is 2.70. The quantitative estimate of drug-likeness (QED) is 0.814. The van der Waals surface area contributed by atoms with Gasteiger partial charge in [0.1, 0.15) is 5.82 Å². The van der Waals surface area contributed by atoms with Crippen molar-refractivity contribution in [3.8, 4) is 0 Å². The molecule has 1 saturated heterocycles. The highest BCUT2D eigenvalue weighted by atomic mass is 16.1. The van der Waals surface area contributed by atoms with Crippen LogP contribution in [0.15, 0.2) is 0 Å². The van der Waals surface area contributed by atoms with Gasteiger partial charge in [-0.15, -0.1) is 0 Å². The number of aromatic nitrogens is 2. The molecule has 0 aliphatic carbocycles. The van der Waals surface area contributed by atoms with Crippen molar-refractivity contribution >= 4 is 18.0 Å². The largest absolute Gasteiger partial charge is 0.356 e. The monoisotopic (exact) mass is 264 g/mol. The van der Waals surface area contributed by atoms with Crippen molar-refractivity contribution in [2.45, 2.75) is 32.7 Å². The molecule has 1 aliphatic heterocycles. The lowest BCUT2D eigenvalue weighted by Gasteiger charge is -2.33. The van der Waals surface area contributed by atoms with Gasteiger partial charge in [-0.1, -0.05) is 0 Å². The molecule has 104 valence electrons. The minimum Gasteiger partial charge on any atom is -0.356 e. The Bertz CT molecular complexity index is 487. The predicted molar refractivity (Wildman–Crippen MR) is 72.4 cm³/mol. The van der Waals surface area contributed by atoms with Gasteiger partial charge in [0.2, 0.25) is 5.91 Å². The van der Waals surface area contributed by atoms with E-state index in [-0.39, 0.29) is 11.9 Å². The summed E-state index contributed by atoms with van der Waals surface area (Å²) in [5.74, 6) is 0.900. The lowest BCUT2D eigenvalue weighted by molar-refractivity contribution is -0.119. The minimum absolute atomic E-state index is 0.0170. The number of nitrogens with zero attached hydrogens (tertiary/aromatic N) is 3. The van der Waals surface area contributed by atoms with Crippen LogP contribution in [-0.4, -0.2) is 41.1 Å². The van der Waals surface area contributed by atoms with Crippen LogP contribution in [0, 0.1) is 6.92 Å². The zero-order chi connectivity index (χ0) is 14.0. The van der Waals surface area contributed by atoms with Crippen LogP contribution in [-0.2, 0) is 11.8 Å². The van der Waals surface area contributed by atoms with Gasteiger partial charge in [-0.05, 0) is 19.8 Å². The van der Waals surface area contributed by atoms with Gasteiger partial charge in [0, 0.05) is 33.1 Å². The molecule has 19 heavy (non-hydrogen) atoms.